The third kappa shape index (κ3) is 2.14. The highest BCUT2D eigenvalue weighted by Gasteiger charge is 2.61. The van der Waals surface area contributed by atoms with E-state index in [1.807, 2.05) is 12.1 Å². The first-order valence-corrected chi connectivity index (χ1v) is 10.8. The van der Waals surface area contributed by atoms with E-state index in [9.17, 15) is 5.11 Å². The van der Waals surface area contributed by atoms with Crippen molar-refractivity contribution in [3.63, 3.8) is 0 Å². The maximum atomic E-state index is 9.87. The van der Waals surface area contributed by atoms with Crippen molar-refractivity contribution >= 4 is 0 Å². The van der Waals surface area contributed by atoms with E-state index in [1.165, 1.54) is 69.8 Å². The first-order chi connectivity index (χ1) is 12.0. The number of phenols is 1. The molecule has 136 valence electrons. The second-order valence-corrected chi connectivity index (χ2v) is 10.2. The van der Waals surface area contributed by atoms with Crippen LogP contribution in [0.5, 0.6) is 5.75 Å². The van der Waals surface area contributed by atoms with Gasteiger partial charge in [-0.3, -0.25) is 0 Å². The van der Waals surface area contributed by atoms with Crippen LogP contribution in [0.1, 0.15) is 88.7 Å². The van der Waals surface area contributed by atoms with Crippen molar-refractivity contribution in [1.29, 1.82) is 0 Å². The molecule has 0 heterocycles. The molecule has 0 aromatic heterocycles. The van der Waals surface area contributed by atoms with Gasteiger partial charge in [0.1, 0.15) is 5.75 Å². The fourth-order valence-corrected chi connectivity index (χ4v) is 8.10. The summed E-state index contributed by atoms with van der Waals surface area (Å²) in [5.41, 5.74) is 4.17. The van der Waals surface area contributed by atoms with E-state index in [0.29, 0.717) is 16.6 Å². The van der Waals surface area contributed by atoms with E-state index in [2.05, 4.69) is 19.9 Å². The molecule has 0 amide bonds. The molecule has 1 unspecified atom stereocenters. The fourth-order valence-electron chi connectivity index (χ4n) is 8.10. The molecule has 0 bridgehead atoms. The zero-order valence-corrected chi connectivity index (χ0v) is 16.1. The Morgan fingerprint density at radius 1 is 0.920 bits per heavy atom. The first-order valence-electron chi connectivity index (χ1n) is 10.8. The summed E-state index contributed by atoms with van der Waals surface area (Å²) in [4.78, 5) is 0. The topological polar surface area (TPSA) is 20.2 Å². The Morgan fingerprint density at radius 2 is 1.68 bits per heavy atom. The van der Waals surface area contributed by atoms with Crippen molar-refractivity contribution in [2.45, 2.75) is 84.0 Å². The lowest BCUT2D eigenvalue weighted by atomic mass is 9.49. The summed E-state index contributed by atoms with van der Waals surface area (Å²) in [6, 6.07) is 6.21. The molecule has 1 N–H and O–H groups in total. The normalized spacial score (nSPS) is 43.5. The van der Waals surface area contributed by atoms with E-state index in [0.717, 1.165) is 23.7 Å². The van der Waals surface area contributed by atoms with Gasteiger partial charge in [0.2, 0.25) is 0 Å². The summed E-state index contributed by atoms with van der Waals surface area (Å²) in [7, 11) is 0. The minimum atomic E-state index is 0.451. The smallest absolute Gasteiger partial charge is 0.115 e. The Bertz CT molecular complexity index is 673. The van der Waals surface area contributed by atoms with E-state index in [4.69, 9.17) is 0 Å². The average Bonchev–Trinajstić information content (AvgIpc) is 3.22. The van der Waals surface area contributed by atoms with E-state index >= 15 is 0 Å². The van der Waals surface area contributed by atoms with Crippen LogP contribution in [0.4, 0.5) is 0 Å². The molecule has 4 aliphatic rings. The molecule has 1 aromatic carbocycles. The number of fused-ring (bicyclic) bond motifs is 5. The Kier molecular flexibility index (Phi) is 3.57. The van der Waals surface area contributed by atoms with Crippen molar-refractivity contribution in [3.05, 3.63) is 29.3 Å². The Hall–Kier alpha value is -0.980. The molecule has 0 aliphatic heterocycles. The second kappa shape index (κ2) is 5.51. The summed E-state index contributed by atoms with van der Waals surface area (Å²) in [6.07, 6.45) is 14.2. The lowest BCUT2D eigenvalue weighted by Crippen LogP contribution is -2.48. The summed E-state index contributed by atoms with van der Waals surface area (Å²) in [6.45, 7) is 5.36. The van der Waals surface area contributed by atoms with Gasteiger partial charge in [0, 0.05) is 0 Å². The molecule has 0 spiro atoms. The monoisotopic (exact) mass is 338 g/mol. The third-order valence-corrected chi connectivity index (χ3v) is 9.64. The summed E-state index contributed by atoms with van der Waals surface area (Å²) in [5, 5.41) is 9.87. The van der Waals surface area contributed by atoms with Gasteiger partial charge in [-0.15, -0.1) is 0 Å². The number of aryl methyl sites for hydroxylation is 1. The van der Waals surface area contributed by atoms with Gasteiger partial charge in [0.25, 0.3) is 0 Å². The summed E-state index contributed by atoms with van der Waals surface area (Å²) < 4.78 is 0. The van der Waals surface area contributed by atoms with Gasteiger partial charge < -0.3 is 5.11 Å². The number of benzene rings is 1. The molecule has 5 rings (SSSR count). The molecular formula is C24H34O. The molecule has 3 saturated carbocycles. The fraction of sp³-hybridized carbons (Fsp3) is 0.750. The second-order valence-electron chi connectivity index (χ2n) is 10.2. The van der Waals surface area contributed by atoms with Crippen LogP contribution in [0, 0.1) is 28.6 Å². The van der Waals surface area contributed by atoms with Gasteiger partial charge in [-0.2, -0.15) is 0 Å². The van der Waals surface area contributed by atoms with Gasteiger partial charge in [-0.1, -0.05) is 32.8 Å². The van der Waals surface area contributed by atoms with Crippen LogP contribution in [0.2, 0.25) is 0 Å². The van der Waals surface area contributed by atoms with Crippen molar-refractivity contribution in [2.75, 3.05) is 0 Å². The third-order valence-electron chi connectivity index (χ3n) is 9.64. The van der Waals surface area contributed by atoms with Crippen LogP contribution < -0.4 is 0 Å². The largest absolute Gasteiger partial charge is 0.508 e. The number of hydrogen-bond donors (Lipinski definition) is 1. The molecular weight excluding hydrogens is 304 g/mol. The van der Waals surface area contributed by atoms with Gasteiger partial charge in [-0.25, -0.2) is 0 Å². The van der Waals surface area contributed by atoms with E-state index in [1.54, 1.807) is 5.56 Å². The van der Waals surface area contributed by atoms with Gasteiger partial charge in [-0.05, 0) is 109 Å². The van der Waals surface area contributed by atoms with Crippen LogP contribution >= 0.6 is 0 Å². The highest BCUT2D eigenvalue weighted by molar-refractivity contribution is 5.40. The maximum absolute atomic E-state index is 9.87. The first kappa shape index (κ1) is 16.2. The van der Waals surface area contributed by atoms with Crippen molar-refractivity contribution in [1.82, 2.24) is 0 Å². The quantitative estimate of drug-likeness (QED) is 0.624. The predicted octanol–water partition coefficient (Wildman–Crippen LogP) is 6.44. The molecule has 1 nitrogen and oxygen atoms in total. The van der Waals surface area contributed by atoms with Crippen molar-refractivity contribution in [2.24, 2.45) is 28.6 Å². The Morgan fingerprint density at radius 3 is 2.48 bits per heavy atom. The van der Waals surface area contributed by atoms with Gasteiger partial charge in [0.05, 0.1) is 0 Å². The molecule has 1 heteroatoms. The molecule has 25 heavy (non-hydrogen) atoms. The van der Waals surface area contributed by atoms with Gasteiger partial charge >= 0.3 is 0 Å². The molecule has 0 radical (unpaired) electrons. The van der Waals surface area contributed by atoms with Crippen LogP contribution in [0.3, 0.4) is 0 Å². The molecule has 1 aromatic rings. The lowest BCUT2D eigenvalue weighted by molar-refractivity contribution is -0.0485. The number of aromatic hydroxyl groups is 1. The van der Waals surface area contributed by atoms with E-state index < -0.39 is 0 Å². The zero-order chi connectivity index (χ0) is 17.2. The van der Waals surface area contributed by atoms with Gasteiger partial charge in [0.15, 0.2) is 0 Å². The standard InChI is InChI=1S/C24H34O/c1-23(17-5-3-4-6-17)14-12-22-21-9-7-16-15-18(25)8-10-19(16)20(21)11-13-24(22,23)2/h8,10,15,17,20-22,25H,3-7,9,11-14H2,1-2H3/t20-,21-,22+,23?,24+/m1/s1. The Labute approximate surface area is 153 Å². The molecule has 0 saturated heterocycles. The van der Waals surface area contributed by atoms with Crippen LogP contribution in [0.15, 0.2) is 18.2 Å². The SMILES string of the molecule is CC1(C2CCCC2)CC[C@H]2[C@@H]3CCc4cc(O)ccc4[C@H]3CC[C@@]21C. The molecule has 4 aliphatic carbocycles. The lowest BCUT2D eigenvalue weighted by Gasteiger charge is -2.56. The highest BCUT2D eigenvalue weighted by atomic mass is 16.3. The van der Waals surface area contributed by atoms with Crippen LogP contribution in [0.25, 0.3) is 0 Å². The van der Waals surface area contributed by atoms with Crippen LogP contribution in [-0.2, 0) is 6.42 Å². The van der Waals surface area contributed by atoms with Crippen molar-refractivity contribution in [3.8, 4) is 5.75 Å². The van der Waals surface area contributed by atoms with Crippen LogP contribution in [-0.4, -0.2) is 5.11 Å². The predicted molar refractivity (Wildman–Crippen MR) is 103 cm³/mol. The molecule has 3 fully saturated rings. The average molecular weight is 339 g/mol. The highest BCUT2D eigenvalue weighted by Crippen LogP contribution is 2.70. The number of hydrogen-bond acceptors (Lipinski definition) is 1. The summed E-state index contributed by atoms with van der Waals surface area (Å²) in [5.74, 6) is 4.02. The molecule has 5 atom stereocenters. The minimum Gasteiger partial charge on any atom is -0.508 e. The summed E-state index contributed by atoms with van der Waals surface area (Å²) >= 11 is 0. The zero-order valence-electron chi connectivity index (χ0n) is 16.1. The number of rotatable bonds is 1. The number of phenolic OH excluding ortho intramolecular Hbond substituents is 1. The Balaban J connectivity index is 1.48. The minimum absolute atomic E-state index is 0.451. The van der Waals surface area contributed by atoms with Crippen molar-refractivity contribution < 1.29 is 5.11 Å². The van der Waals surface area contributed by atoms with E-state index in [-0.39, 0.29) is 0 Å². The maximum Gasteiger partial charge on any atom is 0.115 e.